The quantitative estimate of drug-likeness (QED) is 0.525. The molecule has 12 heteroatoms. The molecule has 2 bridgehead atoms. The number of nitrogens with zero attached hydrogens (tertiary/aromatic N) is 3. The van der Waals surface area contributed by atoms with E-state index in [1.807, 2.05) is 0 Å². The third-order valence-corrected chi connectivity index (χ3v) is 6.93. The summed E-state index contributed by atoms with van der Waals surface area (Å²) in [6.07, 6.45) is 3.79. The Labute approximate surface area is 190 Å². The Hall–Kier alpha value is -3.11. The average Bonchev–Trinajstić information content (AvgIpc) is 2.74. The predicted octanol–water partition coefficient (Wildman–Crippen LogP) is 2.61. The van der Waals surface area contributed by atoms with Gasteiger partial charge in [0.1, 0.15) is 0 Å². The Morgan fingerprint density at radius 2 is 1.81 bits per heavy atom. The van der Waals surface area contributed by atoms with Gasteiger partial charge in [-0.05, 0) is 49.1 Å². The van der Waals surface area contributed by atoms with Crippen LogP contribution in [0.15, 0.2) is 26.5 Å². The van der Waals surface area contributed by atoms with Crippen LogP contribution in [0.5, 0.6) is 11.6 Å². The lowest BCUT2D eigenvalue weighted by Gasteiger charge is -2.45. The second-order valence-corrected chi connectivity index (χ2v) is 9.19. The zero-order valence-corrected chi connectivity index (χ0v) is 18.4. The minimum Gasteiger partial charge on any atom is -0.434 e. The van der Waals surface area contributed by atoms with Gasteiger partial charge >= 0.3 is 5.69 Å². The molecule has 3 aromatic rings. The summed E-state index contributed by atoms with van der Waals surface area (Å²) in [5, 5.41) is 10.6. The van der Waals surface area contributed by atoms with Gasteiger partial charge in [0.15, 0.2) is 5.75 Å². The first-order valence-corrected chi connectivity index (χ1v) is 10.7. The normalized spacial score (nSPS) is 21.4. The number of rotatable bonds is 3. The van der Waals surface area contributed by atoms with Crippen molar-refractivity contribution in [3.05, 3.63) is 64.5 Å². The van der Waals surface area contributed by atoms with E-state index in [9.17, 15) is 14.4 Å². The lowest BCUT2D eigenvalue weighted by molar-refractivity contribution is 0.246. The van der Waals surface area contributed by atoms with Crippen molar-refractivity contribution >= 4 is 29.0 Å². The number of hydrogen-bond donors (Lipinski definition) is 3. The number of anilines is 1. The summed E-state index contributed by atoms with van der Waals surface area (Å²) in [6, 6.07) is 2.81. The van der Waals surface area contributed by atoms with Gasteiger partial charge in [0.05, 0.1) is 15.7 Å². The third kappa shape index (κ3) is 3.13. The number of nitrogens with two attached hydrogens (primary N) is 1. The van der Waals surface area contributed by atoms with Crippen LogP contribution in [0, 0.1) is 0 Å². The summed E-state index contributed by atoms with van der Waals surface area (Å²) in [6.45, 7) is 2.09. The molecule has 0 saturated heterocycles. The molecule has 0 radical (unpaired) electrons. The molecular weight excluding hydrogens is 459 g/mol. The number of benzene rings is 1. The number of aromatic amines is 2. The van der Waals surface area contributed by atoms with Crippen molar-refractivity contribution in [3.63, 3.8) is 0 Å². The molecule has 0 amide bonds. The van der Waals surface area contributed by atoms with Crippen LogP contribution in [0.1, 0.15) is 49.7 Å². The fraction of sp³-hybridized carbons (Fsp3) is 0.350. The molecule has 4 N–H and O–H groups in total. The van der Waals surface area contributed by atoms with E-state index in [0.717, 1.165) is 35.9 Å². The van der Waals surface area contributed by atoms with E-state index in [0.29, 0.717) is 5.56 Å². The fourth-order valence-electron chi connectivity index (χ4n) is 4.75. The molecule has 10 nitrogen and oxygen atoms in total. The highest BCUT2D eigenvalue weighted by molar-refractivity contribution is 6.37. The van der Waals surface area contributed by atoms with Crippen molar-refractivity contribution in [2.45, 2.75) is 43.9 Å². The number of H-pyrrole nitrogens is 2. The summed E-state index contributed by atoms with van der Waals surface area (Å²) in [5.74, 6) is 0.177. The molecule has 1 saturated carbocycles. The van der Waals surface area contributed by atoms with Gasteiger partial charge < -0.3 is 10.5 Å². The van der Waals surface area contributed by atoms with Gasteiger partial charge in [-0.3, -0.25) is 14.6 Å². The van der Waals surface area contributed by atoms with Crippen LogP contribution in [0.25, 0.3) is 5.69 Å². The lowest BCUT2D eigenvalue weighted by atomic mass is 9.59. The highest BCUT2D eigenvalue weighted by atomic mass is 35.5. The van der Waals surface area contributed by atoms with Crippen LogP contribution in [0.3, 0.4) is 0 Å². The summed E-state index contributed by atoms with van der Waals surface area (Å²) >= 11 is 12.8. The monoisotopic (exact) mass is 476 g/mol. The molecule has 1 fully saturated rings. The van der Waals surface area contributed by atoms with Gasteiger partial charge in [-0.2, -0.15) is 4.68 Å². The Bertz CT molecular complexity index is 1410. The number of halogens is 2. The number of aromatic nitrogens is 5. The van der Waals surface area contributed by atoms with Crippen LogP contribution in [0.2, 0.25) is 10.0 Å². The Morgan fingerprint density at radius 1 is 1.16 bits per heavy atom. The molecule has 2 heterocycles. The molecule has 6 rings (SSSR count). The maximum Gasteiger partial charge on any atom is 0.349 e. The molecule has 32 heavy (non-hydrogen) atoms. The summed E-state index contributed by atoms with van der Waals surface area (Å²) < 4.78 is 6.89. The highest BCUT2D eigenvalue weighted by Crippen LogP contribution is 2.54. The van der Waals surface area contributed by atoms with E-state index in [2.05, 4.69) is 27.2 Å². The molecule has 0 atom stereocenters. The van der Waals surface area contributed by atoms with E-state index >= 15 is 0 Å². The topological polar surface area (TPSA) is 149 Å². The van der Waals surface area contributed by atoms with Gasteiger partial charge in [-0.15, -0.1) is 10.2 Å². The van der Waals surface area contributed by atoms with E-state index in [4.69, 9.17) is 33.7 Å². The highest BCUT2D eigenvalue weighted by Gasteiger charge is 2.45. The second-order valence-electron chi connectivity index (χ2n) is 8.38. The first-order chi connectivity index (χ1) is 15.2. The molecule has 0 spiro atoms. The van der Waals surface area contributed by atoms with Crippen molar-refractivity contribution in [2.24, 2.45) is 0 Å². The van der Waals surface area contributed by atoms with E-state index in [-0.39, 0.29) is 50.1 Å². The molecular formula is C20H18Cl2N6O4. The summed E-state index contributed by atoms with van der Waals surface area (Å²) in [4.78, 5) is 38.2. The molecule has 2 aromatic heterocycles. The number of nitrogens with one attached hydrogen (secondary N) is 2. The Balaban J connectivity index is 1.59. The number of fused-ring (bicyclic) bond motifs is 2. The van der Waals surface area contributed by atoms with Crippen LogP contribution >= 0.6 is 23.2 Å². The zero-order valence-electron chi connectivity index (χ0n) is 16.9. The largest absolute Gasteiger partial charge is 0.434 e. The maximum atomic E-state index is 12.6. The summed E-state index contributed by atoms with van der Waals surface area (Å²) in [5.41, 5.74) is 5.20. The first kappa shape index (κ1) is 20.8. The SMILES string of the molecule is CC12CCC(CC1)c1c(Oc3c(Cl)cc(-n4nc(N)c(=O)[nH]c4=O)cc3Cl)n[nH]c(=O)c12. The Morgan fingerprint density at radius 3 is 2.47 bits per heavy atom. The van der Waals surface area contributed by atoms with Crippen molar-refractivity contribution in [1.82, 2.24) is 25.0 Å². The predicted molar refractivity (Wildman–Crippen MR) is 118 cm³/mol. The molecule has 166 valence electrons. The average molecular weight is 477 g/mol. The van der Waals surface area contributed by atoms with Gasteiger partial charge in [-0.1, -0.05) is 30.1 Å². The smallest absolute Gasteiger partial charge is 0.349 e. The maximum absolute atomic E-state index is 12.6. The molecule has 1 aromatic carbocycles. The van der Waals surface area contributed by atoms with Crippen molar-refractivity contribution < 1.29 is 4.74 Å². The van der Waals surface area contributed by atoms with Crippen LogP contribution in [0.4, 0.5) is 5.82 Å². The molecule has 3 aliphatic carbocycles. The fourth-order valence-corrected chi connectivity index (χ4v) is 5.30. The third-order valence-electron chi connectivity index (χ3n) is 6.37. The van der Waals surface area contributed by atoms with Gasteiger partial charge in [-0.25, -0.2) is 9.89 Å². The standard InChI is InChI=1S/C20H18Cl2N6O4/c1-20-4-2-8(3-5-20)12-13(20)16(29)25-26-18(12)32-14-10(21)6-9(7-11(14)22)28-19(31)24-17(30)15(23)27-28/h6-8H,2-5H2,1H3,(H2,23,27)(H,25,29)(H,24,30,31). The van der Waals surface area contributed by atoms with Crippen LogP contribution < -0.4 is 27.3 Å². The lowest BCUT2D eigenvalue weighted by Crippen LogP contribution is -2.41. The first-order valence-electron chi connectivity index (χ1n) is 9.97. The van der Waals surface area contributed by atoms with Gasteiger partial charge in [0.2, 0.25) is 11.7 Å². The van der Waals surface area contributed by atoms with Gasteiger partial charge in [0, 0.05) is 11.1 Å². The Kier molecular flexibility index (Phi) is 4.68. The van der Waals surface area contributed by atoms with Gasteiger partial charge in [0.25, 0.3) is 11.1 Å². The number of ether oxygens (including phenoxy) is 1. The molecule has 0 aliphatic heterocycles. The second kappa shape index (κ2) is 7.21. The minimum absolute atomic E-state index is 0.0832. The van der Waals surface area contributed by atoms with E-state index in [1.165, 1.54) is 12.1 Å². The van der Waals surface area contributed by atoms with Crippen molar-refractivity contribution in [1.29, 1.82) is 0 Å². The number of nitrogen functional groups attached to an aromatic ring is 1. The van der Waals surface area contributed by atoms with Crippen molar-refractivity contribution in [2.75, 3.05) is 5.73 Å². The van der Waals surface area contributed by atoms with E-state index in [1.54, 1.807) is 0 Å². The van der Waals surface area contributed by atoms with Crippen LogP contribution in [-0.2, 0) is 5.41 Å². The summed E-state index contributed by atoms with van der Waals surface area (Å²) in [7, 11) is 0. The van der Waals surface area contributed by atoms with Crippen molar-refractivity contribution in [3.8, 4) is 17.3 Å². The van der Waals surface area contributed by atoms with E-state index < -0.39 is 11.2 Å². The zero-order chi connectivity index (χ0) is 22.8. The minimum atomic E-state index is -0.800. The number of hydrogen-bond acceptors (Lipinski definition) is 7. The van der Waals surface area contributed by atoms with Crippen LogP contribution in [-0.4, -0.2) is 25.0 Å². The molecule has 0 unspecified atom stereocenters. The molecule has 3 aliphatic rings.